The topological polar surface area (TPSA) is 9.23 Å². The van der Waals surface area contributed by atoms with Crippen LogP contribution in [0.15, 0.2) is 114 Å². The zero-order valence-corrected chi connectivity index (χ0v) is 45.0. The molecule has 0 amide bonds. The largest absolute Gasteiger partial charge is 0.497 e. The fraction of sp³-hybridized carbons (Fsp3) is 0.477. The van der Waals surface area contributed by atoms with Crippen LogP contribution in [0.2, 0.25) is 0 Å². The van der Waals surface area contributed by atoms with Crippen LogP contribution in [0.5, 0.6) is 5.75 Å². The SMILES string of the molecule is CCCCCCCCC1(CCCCCCCC)c2cc(Br)ccc2-c2ccc(-c3ccc4c(c3)C(CCCCCC)(CCCCCC)c3cc(-c5ccc(-c6ccc(OC)cc6)s5)ccc3-4)cc21. The van der Waals surface area contributed by atoms with E-state index in [1.807, 2.05) is 11.3 Å². The van der Waals surface area contributed by atoms with Gasteiger partial charge in [0.1, 0.15) is 5.75 Å². The molecule has 1 heterocycles. The maximum Gasteiger partial charge on any atom is 0.118 e. The van der Waals surface area contributed by atoms with Gasteiger partial charge >= 0.3 is 0 Å². The second kappa shape index (κ2) is 24.3. The van der Waals surface area contributed by atoms with Gasteiger partial charge in [0.05, 0.1) is 7.11 Å². The summed E-state index contributed by atoms with van der Waals surface area (Å²) in [7, 11) is 1.74. The number of halogens is 1. The molecule has 8 rings (SSSR count). The fourth-order valence-corrected chi connectivity index (χ4v) is 13.7. The molecule has 0 saturated carbocycles. The standard InChI is InChI=1S/C65H81BrOS/c1-6-10-14-18-20-24-42-65(43-25-21-19-15-11-7-2)59-45-50(29-35-55(59)57-37-31-52(66)47-61(57)65)49-28-34-54-56-36-30-51(63-39-38-62(68-63)48-26-32-53(67-5)33-27-48)46-60(56)64(58(54)44-49,40-22-16-12-8-3)41-23-17-13-9-4/h26-39,44-47H,6-25,40-43H2,1-5H3. The van der Waals surface area contributed by atoms with Crippen molar-refractivity contribution in [2.45, 2.75) is 193 Å². The summed E-state index contributed by atoms with van der Waals surface area (Å²) in [6, 6.07) is 43.3. The first kappa shape index (κ1) is 50.5. The molecule has 3 heteroatoms. The number of ether oxygens (including phenoxy) is 1. The number of methoxy groups -OCH3 is 1. The van der Waals surface area contributed by atoms with Crippen molar-refractivity contribution in [2.75, 3.05) is 7.11 Å². The summed E-state index contributed by atoms with van der Waals surface area (Å²) in [6.45, 7) is 9.37. The van der Waals surface area contributed by atoms with Crippen molar-refractivity contribution in [2.24, 2.45) is 0 Å². The molecule has 6 aromatic rings. The molecule has 0 atom stereocenters. The lowest BCUT2D eigenvalue weighted by atomic mass is 9.69. The number of fused-ring (bicyclic) bond motifs is 6. The van der Waals surface area contributed by atoms with Gasteiger partial charge in [-0.25, -0.2) is 0 Å². The van der Waals surface area contributed by atoms with Crippen molar-refractivity contribution >= 4 is 27.3 Å². The Kier molecular flexibility index (Phi) is 18.0. The highest BCUT2D eigenvalue weighted by atomic mass is 79.9. The summed E-state index contributed by atoms with van der Waals surface area (Å²) >= 11 is 5.88. The third-order valence-electron chi connectivity index (χ3n) is 16.1. The van der Waals surface area contributed by atoms with Gasteiger partial charge < -0.3 is 4.74 Å². The van der Waals surface area contributed by atoms with Crippen molar-refractivity contribution in [3.05, 3.63) is 136 Å². The quantitative estimate of drug-likeness (QED) is 0.0445. The minimum atomic E-state index is -0.00715. The average Bonchev–Trinajstić information content (AvgIpc) is 4.04. The van der Waals surface area contributed by atoms with E-state index in [2.05, 4.69) is 153 Å². The Balaban J connectivity index is 1.20. The van der Waals surface area contributed by atoms with E-state index in [1.54, 1.807) is 29.4 Å². The van der Waals surface area contributed by atoms with Gasteiger partial charge in [-0.1, -0.05) is 215 Å². The summed E-state index contributed by atoms with van der Waals surface area (Å²) in [4.78, 5) is 2.65. The van der Waals surface area contributed by atoms with Crippen LogP contribution >= 0.6 is 27.3 Å². The highest BCUT2D eigenvalue weighted by molar-refractivity contribution is 9.10. The van der Waals surface area contributed by atoms with Crippen LogP contribution in [0.25, 0.3) is 54.3 Å². The molecule has 68 heavy (non-hydrogen) atoms. The molecule has 0 spiro atoms. The average molecular weight is 990 g/mol. The van der Waals surface area contributed by atoms with Crippen molar-refractivity contribution < 1.29 is 4.74 Å². The van der Waals surface area contributed by atoms with Crippen LogP contribution in [-0.4, -0.2) is 7.11 Å². The van der Waals surface area contributed by atoms with Crippen LogP contribution < -0.4 is 4.74 Å². The second-order valence-electron chi connectivity index (χ2n) is 20.7. The zero-order chi connectivity index (χ0) is 47.4. The van der Waals surface area contributed by atoms with Gasteiger partial charge in [0, 0.05) is 25.1 Å². The highest BCUT2D eigenvalue weighted by Gasteiger charge is 2.44. The summed E-state index contributed by atoms with van der Waals surface area (Å²) in [5.74, 6) is 0.899. The summed E-state index contributed by atoms with van der Waals surface area (Å²) in [5.41, 5.74) is 17.6. The Morgan fingerprint density at radius 3 is 1.15 bits per heavy atom. The molecular formula is C65H81BrOS. The van der Waals surface area contributed by atoms with Gasteiger partial charge in [0.2, 0.25) is 0 Å². The first-order valence-corrected chi connectivity index (χ1v) is 29.0. The third kappa shape index (κ3) is 11.0. The molecule has 1 nitrogen and oxygen atoms in total. The maximum atomic E-state index is 5.48. The minimum absolute atomic E-state index is 0.00715. The lowest BCUT2D eigenvalue weighted by molar-refractivity contribution is 0.398. The minimum Gasteiger partial charge on any atom is -0.497 e. The number of hydrogen-bond donors (Lipinski definition) is 0. The molecule has 0 radical (unpaired) electrons. The number of hydrogen-bond acceptors (Lipinski definition) is 2. The monoisotopic (exact) mass is 989 g/mol. The second-order valence-corrected chi connectivity index (χ2v) is 22.7. The van der Waals surface area contributed by atoms with Crippen LogP contribution in [0.4, 0.5) is 0 Å². The molecule has 0 fully saturated rings. The Morgan fingerprint density at radius 2 is 0.706 bits per heavy atom. The van der Waals surface area contributed by atoms with E-state index in [1.165, 1.54) is 213 Å². The van der Waals surface area contributed by atoms with Crippen molar-refractivity contribution in [1.82, 2.24) is 0 Å². The normalized spacial score (nSPS) is 13.9. The van der Waals surface area contributed by atoms with E-state index in [0.717, 1.165) is 5.75 Å². The number of benzene rings is 5. The summed E-state index contributed by atoms with van der Waals surface area (Å²) in [6.07, 6.45) is 31.2. The molecule has 360 valence electrons. The molecule has 5 aromatic carbocycles. The molecular weight excluding hydrogens is 909 g/mol. The van der Waals surface area contributed by atoms with Gasteiger partial charge in [-0.2, -0.15) is 0 Å². The van der Waals surface area contributed by atoms with Crippen molar-refractivity contribution in [3.8, 4) is 60.0 Å². The highest BCUT2D eigenvalue weighted by Crippen LogP contribution is 2.58. The lowest BCUT2D eigenvalue weighted by Crippen LogP contribution is -2.26. The van der Waals surface area contributed by atoms with E-state index >= 15 is 0 Å². The Bertz CT molecular complexity index is 2510. The molecule has 0 N–H and O–H groups in total. The zero-order valence-electron chi connectivity index (χ0n) is 42.6. The number of thiophene rings is 1. The number of unbranched alkanes of at least 4 members (excludes halogenated alkanes) is 16. The van der Waals surface area contributed by atoms with Crippen LogP contribution in [0.1, 0.15) is 204 Å². The fourth-order valence-electron chi connectivity index (χ4n) is 12.3. The van der Waals surface area contributed by atoms with Gasteiger partial charge in [-0.3, -0.25) is 0 Å². The Hall–Kier alpha value is -3.92. The van der Waals surface area contributed by atoms with Crippen LogP contribution in [-0.2, 0) is 10.8 Å². The van der Waals surface area contributed by atoms with E-state index in [4.69, 9.17) is 4.74 Å². The predicted molar refractivity (Wildman–Crippen MR) is 301 cm³/mol. The lowest BCUT2D eigenvalue weighted by Gasteiger charge is -2.34. The summed E-state index contributed by atoms with van der Waals surface area (Å²) < 4.78 is 6.69. The maximum absolute atomic E-state index is 5.48. The van der Waals surface area contributed by atoms with Gasteiger partial charge in [0.15, 0.2) is 0 Å². The third-order valence-corrected chi connectivity index (χ3v) is 17.8. The molecule has 0 bridgehead atoms. The van der Waals surface area contributed by atoms with E-state index in [-0.39, 0.29) is 10.8 Å². The van der Waals surface area contributed by atoms with Gasteiger partial charge in [0.25, 0.3) is 0 Å². The number of rotatable bonds is 28. The van der Waals surface area contributed by atoms with E-state index in [0.29, 0.717) is 0 Å². The molecule has 0 aliphatic heterocycles. The first-order chi connectivity index (χ1) is 33.4. The molecule has 1 aromatic heterocycles. The van der Waals surface area contributed by atoms with Crippen molar-refractivity contribution in [3.63, 3.8) is 0 Å². The van der Waals surface area contributed by atoms with Gasteiger partial charge in [-0.15, -0.1) is 11.3 Å². The molecule has 2 aliphatic carbocycles. The Labute approximate surface area is 425 Å². The smallest absolute Gasteiger partial charge is 0.118 e. The van der Waals surface area contributed by atoms with E-state index in [9.17, 15) is 0 Å². The predicted octanol–water partition coefficient (Wildman–Crippen LogP) is 21.5. The molecule has 2 aliphatic rings. The van der Waals surface area contributed by atoms with E-state index < -0.39 is 0 Å². The summed E-state index contributed by atoms with van der Waals surface area (Å²) in [5, 5.41) is 0. The van der Waals surface area contributed by atoms with Crippen molar-refractivity contribution in [1.29, 1.82) is 0 Å². The van der Waals surface area contributed by atoms with Crippen LogP contribution in [0, 0.1) is 0 Å². The molecule has 0 unspecified atom stereocenters. The Morgan fingerprint density at radius 1 is 0.368 bits per heavy atom. The first-order valence-electron chi connectivity index (χ1n) is 27.4. The van der Waals surface area contributed by atoms with Crippen LogP contribution in [0.3, 0.4) is 0 Å². The molecule has 0 saturated heterocycles. The van der Waals surface area contributed by atoms with Gasteiger partial charge in [-0.05, 0) is 159 Å².